The lowest BCUT2D eigenvalue weighted by atomic mass is 10.1. The molecule has 0 aliphatic heterocycles. The Morgan fingerprint density at radius 2 is 1.27 bits per heavy atom. The van der Waals surface area contributed by atoms with Gasteiger partial charge in [-0.15, -0.1) is 4.76 Å². The highest BCUT2D eigenvalue weighted by molar-refractivity contribution is 7.52. The lowest BCUT2D eigenvalue weighted by molar-refractivity contribution is -0.141. The standard InChI is InChI=1S/C30H42N3O11P/c1-3-4-17-26(27(34)35)33(2)28(31)32-45(38,43-20-11-18-39-29(36)41-22-24-13-7-5-8-14-24)44-21-12-19-40-30(37)42-23-25-15-9-6-10-16-25/h5-10,13-16,26H,3-4,11-12,17-23H2,1-2H3,(H,34,35)(H2,31,32,38). The summed E-state index contributed by atoms with van der Waals surface area (Å²) in [6, 6.07) is 17.1. The number of nitrogens with zero attached hydrogens (tertiary/aromatic N) is 2. The van der Waals surface area contributed by atoms with Crippen molar-refractivity contribution < 1.29 is 52.1 Å². The van der Waals surface area contributed by atoms with E-state index in [1.807, 2.05) is 43.3 Å². The van der Waals surface area contributed by atoms with Crippen LogP contribution >= 0.6 is 7.75 Å². The van der Waals surface area contributed by atoms with E-state index in [0.29, 0.717) is 12.8 Å². The molecule has 15 heteroatoms. The first kappa shape index (κ1) is 37.1. The van der Waals surface area contributed by atoms with Crippen LogP contribution in [0.5, 0.6) is 0 Å². The second-order valence-corrected chi connectivity index (χ2v) is 11.3. The predicted molar refractivity (Wildman–Crippen MR) is 164 cm³/mol. The third-order valence-corrected chi connectivity index (χ3v) is 7.56. The van der Waals surface area contributed by atoms with Gasteiger partial charge in [-0.25, -0.2) is 18.9 Å². The van der Waals surface area contributed by atoms with E-state index in [2.05, 4.69) is 4.76 Å². The minimum Gasteiger partial charge on any atom is -0.480 e. The fourth-order valence-electron chi connectivity index (χ4n) is 3.64. The van der Waals surface area contributed by atoms with Crippen LogP contribution in [0.1, 0.15) is 50.2 Å². The number of unbranched alkanes of at least 4 members (excludes halogenated alkanes) is 1. The summed E-state index contributed by atoms with van der Waals surface area (Å²) in [5.41, 5.74) is 7.62. The smallest absolute Gasteiger partial charge is 0.480 e. The predicted octanol–water partition coefficient (Wildman–Crippen LogP) is 5.50. The molecule has 2 rings (SSSR count). The highest BCUT2D eigenvalue weighted by Gasteiger charge is 2.29. The summed E-state index contributed by atoms with van der Waals surface area (Å²) in [7, 11) is -2.86. The highest BCUT2D eigenvalue weighted by Crippen LogP contribution is 2.50. The van der Waals surface area contributed by atoms with Crippen molar-refractivity contribution in [2.24, 2.45) is 10.5 Å². The average molecular weight is 652 g/mol. The van der Waals surface area contributed by atoms with E-state index >= 15 is 0 Å². The number of hydrogen-bond donors (Lipinski definition) is 2. The quantitative estimate of drug-likeness (QED) is 0.0601. The third-order valence-electron chi connectivity index (χ3n) is 6.10. The second-order valence-electron chi connectivity index (χ2n) is 9.65. The van der Waals surface area contributed by atoms with Crippen molar-refractivity contribution in [3.05, 3.63) is 71.8 Å². The number of carboxylic acid groups (broad SMARTS) is 1. The minimum atomic E-state index is -4.27. The summed E-state index contributed by atoms with van der Waals surface area (Å²) in [6.45, 7) is 1.39. The number of hydrogen-bond acceptors (Lipinski definition) is 10. The number of carboxylic acids is 1. The van der Waals surface area contributed by atoms with Gasteiger partial charge >= 0.3 is 26.0 Å². The van der Waals surface area contributed by atoms with Crippen LogP contribution < -0.4 is 5.73 Å². The molecule has 3 N–H and O–H groups in total. The van der Waals surface area contributed by atoms with Gasteiger partial charge in [0.05, 0.1) is 26.4 Å². The first-order chi connectivity index (χ1) is 21.6. The van der Waals surface area contributed by atoms with Crippen LogP contribution in [0.15, 0.2) is 65.4 Å². The number of rotatable bonds is 20. The molecule has 0 bridgehead atoms. The normalized spacial score (nSPS) is 12.2. The highest BCUT2D eigenvalue weighted by atomic mass is 31.2. The third kappa shape index (κ3) is 15.4. The molecule has 0 spiro atoms. The van der Waals surface area contributed by atoms with Crippen LogP contribution in [0.25, 0.3) is 0 Å². The Morgan fingerprint density at radius 1 is 0.800 bits per heavy atom. The molecule has 45 heavy (non-hydrogen) atoms. The average Bonchev–Trinajstić information content (AvgIpc) is 3.03. The van der Waals surface area contributed by atoms with Crippen molar-refractivity contribution in [2.45, 2.75) is 58.3 Å². The van der Waals surface area contributed by atoms with E-state index in [9.17, 15) is 24.1 Å². The molecular weight excluding hydrogens is 609 g/mol. The zero-order chi connectivity index (χ0) is 32.9. The van der Waals surface area contributed by atoms with Crippen LogP contribution in [0.2, 0.25) is 0 Å². The molecule has 0 saturated carbocycles. The number of ether oxygens (including phenoxy) is 4. The topological polar surface area (TPSA) is 186 Å². The van der Waals surface area contributed by atoms with Crippen LogP contribution in [-0.2, 0) is 50.6 Å². The Hall–Kier alpha value is -4.13. The maximum atomic E-state index is 13.5. The molecule has 1 unspecified atom stereocenters. The molecule has 0 amide bonds. The molecule has 0 aliphatic carbocycles. The van der Waals surface area contributed by atoms with E-state index < -0.39 is 32.1 Å². The van der Waals surface area contributed by atoms with Gasteiger partial charge in [-0.1, -0.05) is 80.4 Å². The summed E-state index contributed by atoms with van der Waals surface area (Å²) in [5, 5.41) is 9.63. The lowest BCUT2D eigenvalue weighted by Gasteiger charge is -2.26. The van der Waals surface area contributed by atoms with Crippen LogP contribution in [0, 0.1) is 0 Å². The van der Waals surface area contributed by atoms with Crippen molar-refractivity contribution in [1.82, 2.24) is 4.90 Å². The van der Waals surface area contributed by atoms with E-state index in [1.165, 1.54) is 11.9 Å². The molecule has 248 valence electrons. The Bertz CT molecular complexity index is 1180. The number of nitrogens with two attached hydrogens (primary N) is 1. The van der Waals surface area contributed by atoms with Crippen molar-refractivity contribution >= 4 is 32.0 Å². The van der Waals surface area contributed by atoms with Crippen LogP contribution in [-0.4, -0.2) is 73.8 Å². The number of guanidine groups is 1. The van der Waals surface area contributed by atoms with Gasteiger partial charge in [-0.05, 0) is 17.5 Å². The lowest BCUT2D eigenvalue weighted by Crippen LogP contribution is -2.46. The molecule has 14 nitrogen and oxygen atoms in total. The van der Waals surface area contributed by atoms with E-state index in [-0.39, 0.29) is 58.4 Å². The van der Waals surface area contributed by atoms with Crippen LogP contribution in [0.4, 0.5) is 9.59 Å². The van der Waals surface area contributed by atoms with Gasteiger partial charge in [0.15, 0.2) is 0 Å². The fraction of sp³-hybridized carbons (Fsp3) is 0.467. The van der Waals surface area contributed by atoms with Crippen molar-refractivity contribution in [3.8, 4) is 0 Å². The Labute approximate surface area is 263 Å². The van der Waals surface area contributed by atoms with Crippen molar-refractivity contribution in [3.63, 3.8) is 0 Å². The largest absolute Gasteiger partial charge is 0.508 e. The van der Waals surface area contributed by atoms with E-state index in [1.54, 1.807) is 24.3 Å². The first-order valence-electron chi connectivity index (χ1n) is 14.5. The fourth-order valence-corrected chi connectivity index (χ4v) is 4.94. The van der Waals surface area contributed by atoms with Gasteiger partial charge in [0.25, 0.3) is 0 Å². The van der Waals surface area contributed by atoms with Gasteiger partial charge in [0.2, 0.25) is 5.96 Å². The zero-order valence-electron chi connectivity index (χ0n) is 25.6. The number of carbonyl (C=O) groups is 3. The molecule has 0 aliphatic rings. The maximum absolute atomic E-state index is 13.5. The summed E-state index contributed by atoms with van der Waals surface area (Å²) in [6.07, 6.45) is 0.157. The molecule has 2 aromatic rings. The van der Waals surface area contributed by atoms with Gasteiger partial charge in [-0.3, -0.25) is 9.05 Å². The number of likely N-dealkylation sites (N-methyl/N-ethyl adjacent to an activating group) is 1. The molecule has 0 aromatic heterocycles. The summed E-state index contributed by atoms with van der Waals surface area (Å²) < 4.78 is 48.4. The second kappa shape index (κ2) is 20.8. The number of benzene rings is 2. The van der Waals surface area contributed by atoms with Crippen molar-refractivity contribution in [1.29, 1.82) is 0 Å². The minimum absolute atomic E-state index is 0.0464. The molecule has 0 saturated heterocycles. The van der Waals surface area contributed by atoms with Gasteiger partial charge in [0, 0.05) is 19.9 Å². The van der Waals surface area contributed by atoms with Crippen molar-refractivity contribution in [2.75, 3.05) is 33.5 Å². The molecule has 0 radical (unpaired) electrons. The van der Waals surface area contributed by atoms with Gasteiger partial charge in [-0.2, -0.15) is 0 Å². The first-order valence-corrected chi connectivity index (χ1v) is 16.0. The Kier molecular flexibility index (Phi) is 17.1. The molecule has 0 heterocycles. The van der Waals surface area contributed by atoms with E-state index in [4.69, 9.17) is 33.7 Å². The molecular formula is C30H42N3O11P. The maximum Gasteiger partial charge on any atom is 0.508 e. The summed E-state index contributed by atoms with van der Waals surface area (Å²) in [5.74, 6) is -1.48. The Morgan fingerprint density at radius 3 is 1.69 bits per heavy atom. The molecule has 2 aromatic carbocycles. The number of carbonyl (C=O) groups excluding carboxylic acids is 2. The molecule has 1 atom stereocenters. The monoisotopic (exact) mass is 651 g/mol. The van der Waals surface area contributed by atoms with Crippen LogP contribution in [0.3, 0.4) is 0 Å². The Balaban J connectivity index is 1.88. The number of aliphatic carboxylic acids is 1. The molecule has 0 fully saturated rings. The van der Waals surface area contributed by atoms with Gasteiger partial charge < -0.3 is 34.7 Å². The summed E-state index contributed by atoms with van der Waals surface area (Å²) >= 11 is 0. The zero-order valence-corrected chi connectivity index (χ0v) is 26.5. The summed E-state index contributed by atoms with van der Waals surface area (Å²) in [4.78, 5) is 36.7. The van der Waals surface area contributed by atoms with E-state index in [0.717, 1.165) is 17.5 Å². The SMILES string of the molecule is CCCCC(C(=O)O)N(C)C(N)=NP(=O)(OCCCOC(=O)OCc1ccccc1)OCCCOC(=O)OCc1ccccc1. The van der Waals surface area contributed by atoms with Gasteiger partial charge in [0.1, 0.15) is 19.3 Å².